The molecule has 0 atom stereocenters. The molecule has 0 amide bonds. The van der Waals surface area contributed by atoms with Crippen LogP contribution in [0.25, 0.3) is 0 Å². The fraction of sp³-hybridized carbons (Fsp3) is 0.333. The molecule has 1 rings (SSSR count). The fourth-order valence-corrected chi connectivity index (χ4v) is 3.00. The molecule has 0 aliphatic rings. The van der Waals surface area contributed by atoms with E-state index in [-0.39, 0.29) is 31.2 Å². The number of hydrogen-bond acceptors (Lipinski definition) is 4. The maximum Gasteiger partial charge on any atom is 0.244 e. The van der Waals surface area contributed by atoms with E-state index in [1.165, 1.54) is 0 Å². The minimum absolute atomic E-state index is 0.0461. The van der Waals surface area contributed by atoms with Gasteiger partial charge in [0.25, 0.3) is 0 Å². The summed E-state index contributed by atoms with van der Waals surface area (Å²) in [6, 6.07) is 6.54. The van der Waals surface area contributed by atoms with E-state index < -0.39 is 10.0 Å². The lowest BCUT2D eigenvalue weighted by Gasteiger charge is -2.17. The third kappa shape index (κ3) is 8.48. The smallest absolute Gasteiger partial charge is 0.244 e. The van der Waals surface area contributed by atoms with Crippen molar-refractivity contribution in [3.05, 3.63) is 29.8 Å². The summed E-state index contributed by atoms with van der Waals surface area (Å²) in [5.41, 5.74) is 0.957. The normalized spacial score (nSPS) is 9.63. The van der Waals surface area contributed by atoms with E-state index in [9.17, 15) is 8.42 Å². The lowest BCUT2D eigenvalue weighted by atomic mass is 10.2. The van der Waals surface area contributed by atoms with E-state index in [2.05, 4.69) is 47.4 Å². The minimum Gasteiger partial charge on any atom is -0.395 e. The van der Waals surface area contributed by atoms with Gasteiger partial charge in [-0.2, -0.15) is 4.31 Å². The summed E-state index contributed by atoms with van der Waals surface area (Å²) in [4.78, 5) is 0.162. The molecular weight excluding hydrogens is 362 g/mol. The van der Waals surface area contributed by atoms with Crippen LogP contribution in [0.4, 0.5) is 0 Å². The van der Waals surface area contributed by atoms with E-state index >= 15 is 0 Å². The van der Waals surface area contributed by atoms with Crippen LogP contribution in [0, 0.1) is 54.3 Å². The first kappa shape index (κ1) is 22.3. The molecule has 0 aromatic heterocycles. The molecule has 0 saturated heterocycles. The zero-order chi connectivity index (χ0) is 20.0. The molecule has 0 aliphatic carbocycles. The molecule has 0 spiro atoms. The van der Waals surface area contributed by atoms with Crippen LogP contribution in [-0.4, -0.2) is 49.2 Å². The predicted octanol–water partition coefficient (Wildman–Crippen LogP) is 0.764. The highest BCUT2D eigenvalue weighted by atomic mass is 32.2. The molecule has 1 aromatic carbocycles. The second-order valence-corrected chi connectivity index (χ2v) is 7.18. The maximum atomic E-state index is 12.8. The van der Waals surface area contributed by atoms with Crippen molar-refractivity contribution in [3.63, 3.8) is 0 Å². The van der Waals surface area contributed by atoms with Gasteiger partial charge in [0.1, 0.15) is 0 Å². The lowest BCUT2D eigenvalue weighted by Crippen LogP contribution is -2.32. The molecule has 27 heavy (non-hydrogen) atoms. The van der Waals surface area contributed by atoms with Crippen molar-refractivity contribution >= 4 is 10.0 Å². The van der Waals surface area contributed by atoms with Gasteiger partial charge in [-0.1, -0.05) is 41.4 Å². The predicted molar refractivity (Wildman–Crippen MR) is 104 cm³/mol. The van der Waals surface area contributed by atoms with E-state index in [1.807, 2.05) is 6.92 Å². The Morgan fingerprint density at radius 3 is 1.70 bits per heavy atom. The monoisotopic (exact) mass is 383 g/mol. The van der Waals surface area contributed by atoms with Crippen molar-refractivity contribution < 1.29 is 18.6 Å². The second kappa shape index (κ2) is 12.6. The van der Waals surface area contributed by atoms with Gasteiger partial charge in [-0.15, -0.1) is 0 Å². The van der Waals surface area contributed by atoms with Crippen LogP contribution in [0.15, 0.2) is 29.2 Å². The van der Waals surface area contributed by atoms with E-state index in [4.69, 9.17) is 10.2 Å². The molecule has 5 nitrogen and oxygen atoms in total. The third-order valence-corrected chi connectivity index (χ3v) is 4.93. The van der Waals surface area contributed by atoms with Crippen LogP contribution in [-0.2, 0) is 10.0 Å². The number of rotatable bonds is 6. The molecule has 0 fully saturated rings. The highest BCUT2D eigenvalue weighted by molar-refractivity contribution is 7.89. The van der Waals surface area contributed by atoms with Crippen LogP contribution >= 0.6 is 0 Å². The lowest BCUT2D eigenvalue weighted by molar-refractivity contribution is 0.304. The summed E-state index contributed by atoms with van der Waals surface area (Å²) in [6.45, 7) is 1.65. The van der Waals surface area contributed by atoms with Crippen molar-refractivity contribution in [2.45, 2.75) is 24.7 Å². The van der Waals surface area contributed by atoms with E-state index in [0.29, 0.717) is 12.8 Å². The Morgan fingerprint density at radius 1 is 0.815 bits per heavy atom. The minimum atomic E-state index is -3.76. The molecule has 0 heterocycles. The molecule has 6 heteroatoms. The second-order valence-electron chi connectivity index (χ2n) is 5.24. The van der Waals surface area contributed by atoms with E-state index in [0.717, 1.165) is 9.87 Å². The number of benzene rings is 1. The van der Waals surface area contributed by atoms with Crippen LogP contribution in [0.5, 0.6) is 0 Å². The average Bonchev–Trinajstić information content (AvgIpc) is 2.65. The molecule has 0 unspecified atom stereocenters. The first-order valence-electron chi connectivity index (χ1n) is 8.22. The topological polar surface area (TPSA) is 77.8 Å². The maximum absolute atomic E-state index is 12.8. The van der Waals surface area contributed by atoms with Gasteiger partial charge in [0, 0.05) is 12.8 Å². The van der Waals surface area contributed by atoms with Crippen molar-refractivity contribution in [2.24, 2.45) is 0 Å². The Kier molecular flexibility index (Phi) is 10.4. The summed E-state index contributed by atoms with van der Waals surface area (Å²) in [6.07, 6.45) is 0.635. The van der Waals surface area contributed by atoms with Gasteiger partial charge in [0.05, 0.1) is 31.2 Å². The Labute approximate surface area is 161 Å². The number of aliphatic hydroxyl groups is 2. The zero-order valence-corrected chi connectivity index (χ0v) is 15.9. The molecule has 0 radical (unpaired) electrons. The molecule has 1 aromatic rings. The zero-order valence-electron chi connectivity index (χ0n) is 15.1. The van der Waals surface area contributed by atoms with Gasteiger partial charge >= 0.3 is 0 Å². The summed E-state index contributed by atoms with van der Waals surface area (Å²) in [5, 5.41) is 17.3. The van der Waals surface area contributed by atoms with Crippen LogP contribution in [0.2, 0.25) is 0 Å². The first-order valence-corrected chi connectivity index (χ1v) is 9.66. The Hall–Kier alpha value is -2.71. The van der Waals surface area contributed by atoms with Gasteiger partial charge in [0.15, 0.2) is 0 Å². The molecular formula is C21H21NO4S. The number of aryl methyl sites for hydroxylation is 1. The van der Waals surface area contributed by atoms with Crippen molar-refractivity contribution in [3.8, 4) is 47.4 Å². The summed E-state index contributed by atoms with van der Waals surface area (Å²) < 4.78 is 26.8. The van der Waals surface area contributed by atoms with Crippen molar-refractivity contribution in [1.82, 2.24) is 4.31 Å². The molecule has 2 N–H and O–H groups in total. The first-order chi connectivity index (χ1) is 13.0. The van der Waals surface area contributed by atoms with Crippen LogP contribution in [0.3, 0.4) is 0 Å². The number of nitrogens with zero attached hydrogens (tertiary/aromatic N) is 1. The van der Waals surface area contributed by atoms with Gasteiger partial charge in [-0.05, 0) is 42.7 Å². The Morgan fingerprint density at radius 2 is 1.26 bits per heavy atom. The summed E-state index contributed by atoms with van der Waals surface area (Å²) in [5.74, 6) is 20.9. The Bertz CT molecular complexity index is 906. The highest BCUT2D eigenvalue weighted by Crippen LogP contribution is 2.15. The fourth-order valence-electron chi connectivity index (χ4n) is 1.75. The Balaban J connectivity index is 3.00. The van der Waals surface area contributed by atoms with Crippen LogP contribution in [0.1, 0.15) is 18.4 Å². The van der Waals surface area contributed by atoms with Crippen LogP contribution < -0.4 is 0 Å². The SMILES string of the molecule is Cc1ccc(S(=O)(=O)N(CC#CC#CCCO)CC#CC#CCCO)cc1. The van der Waals surface area contributed by atoms with Crippen molar-refractivity contribution in [2.75, 3.05) is 26.3 Å². The molecule has 0 bridgehead atoms. The number of aliphatic hydroxyl groups excluding tert-OH is 2. The van der Waals surface area contributed by atoms with Gasteiger partial charge in [-0.25, -0.2) is 8.42 Å². The van der Waals surface area contributed by atoms with Gasteiger partial charge < -0.3 is 10.2 Å². The summed E-state index contributed by atoms with van der Waals surface area (Å²) in [7, 11) is -3.76. The average molecular weight is 383 g/mol. The molecule has 140 valence electrons. The van der Waals surface area contributed by atoms with Gasteiger partial charge in [-0.3, -0.25) is 0 Å². The highest BCUT2D eigenvalue weighted by Gasteiger charge is 2.22. The van der Waals surface area contributed by atoms with Gasteiger partial charge in [0.2, 0.25) is 10.0 Å². The number of sulfonamides is 1. The standard InChI is InChI=1S/C21H21NO4S/c1-20-12-14-21(15-13-20)27(25,26)22(16-8-4-2-6-10-18-23)17-9-5-3-7-11-19-24/h12-15,23-24H,10-11,16-19H2,1H3. The molecule has 0 saturated carbocycles. The molecule has 0 aliphatic heterocycles. The van der Waals surface area contributed by atoms with Crippen molar-refractivity contribution in [1.29, 1.82) is 0 Å². The van der Waals surface area contributed by atoms with E-state index in [1.54, 1.807) is 24.3 Å². The number of hydrogen-bond donors (Lipinski definition) is 2. The summed E-state index contributed by atoms with van der Waals surface area (Å²) >= 11 is 0. The largest absolute Gasteiger partial charge is 0.395 e. The quantitative estimate of drug-likeness (QED) is 0.711. The third-order valence-electron chi connectivity index (χ3n) is 3.12.